The summed E-state index contributed by atoms with van der Waals surface area (Å²) < 4.78 is 1.12. The van der Waals surface area contributed by atoms with Crippen molar-refractivity contribution in [1.29, 1.82) is 0 Å². The average Bonchev–Trinajstić information content (AvgIpc) is 3.08. The van der Waals surface area contributed by atoms with Crippen molar-refractivity contribution in [2.45, 2.75) is 15.2 Å². The van der Waals surface area contributed by atoms with Crippen molar-refractivity contribution in [2.24, 2.45) is 0 Å². The molecular weight excluding hydrogens is 460 g/mol. The zero-order valence-electron chi connectivity index (χ0n) is 16.6. The molecule has 0 saturated carbocycles. The SMILES string of the molecule is Brc1ccc2c(c1)Sc1ccccc1C21c2ccccc2-c2cc3ccccc3cc21. The normalized spacial score (nSPS) is 17.8. The number of hydrogen-bond donors (Lipinski definition) is 0. The Balaban J connectivity index is 1.72. The molecule has 0 aromatic heterocycles. The van der Waals surface area contributed by atoms with Crippen LogP contribution in [0.25, 0.3) is 21.9 Å². The smallest absolute Gasteiger partial charge is 0.0735 e. The van der Waals surface area contributed by atoms with Gasteiger partial charge in [-0.25, -0.2) is 0 Å². The van der Waals surface area contributed by atoms with Gasteiger partial charge in [-0.05, 0) is 74.5 Å². The average molecular weight is 477 g/mol. The summed E-state index contributed by atoms with van der Waals surface area (Å²) in [6, 6.07) is 38.3. The van der Waals surface area contributed by atoms with Gasteiger partial charge in [0.05, 0.1) is 5.41 Å². The lowest BCUT2D eigenvalue weighted by Crippen LogP contribution is -2.31. The summed E-state index contributed by atoms with van der Waals surface area (Å²) in [6.07, 6.45) is 0. The largest absolute Gasteiger partial charge is 0.0894 e. The van der Waals surface area contributed by atoms with Gasteiger partial charge in [0.15, 0.2) is 0 Å². The molecule has 2 heteroatoms. The predicted molar refractivity (Wildman–Crippen MR) is 133 cm³/mol. The summed E-state index contributed by atoms with van der Waals surface area (Å²) in [7, 11) is 0. The van der Waals surface area contributed by atoms with Crippen LogP contribution >= 0.6 is 27.7 Å². The Kier molecular flexibility index (Phi) is 3.65. The highest BCUT2D eigenvalue weighted by atomic mass is 79.9. The second-order valence-electron chi connectivity index (χ2n) is 8.28. The molecule has 0 saturated heterocycles. The summed E-state index contributed by atoms with van der Waals surface area (Å²) in [5, 5.41) is 2.59. The summed E-state index contributed by atoms with van der Waals surface area (Å²) in [5.74, 6) is 0. The predicted octanol–water partition coefficient (Wildman–Crippen LogP) is 8.43. The summed E-state index contributed by atoms with van der Waals surface area (Å²) in [4.78, 5) is 2.66. The van der Waals surface area contributed by atoms with Crippen LogP contribution in [-0.4, -0.2) is 0 Å². The van der Waals surface area contributed by atoms with E-state index in [1.807, 2.05) is 11.8 Å². The van der Waals surface area contributed by atoms with Gasteiger partial charge in [-0.2, -0.15) is 0 Å². The van der Waals surface area contributed by atoms with Crippen molar-refractivity contribution in [3.05, 3.63) is 130 Å². The number of halogens is 1. The zero-order valence-corrected chi connectivity index (χ0v) is 19.0. The fraction of sp³-hybridized carbons (Fsp3) is 0.0345. The van der Waals surface area contributed by atoms with Crippen molar-refractivity contribution in [2.75, 3.05) is 0 Å². The third kappa shape index (κ3) is 2.27. The Morgan fingerprint density at radius 2 is 1.19 bits per heavy atom. The zero-order chi connectivity index (χ0) is 20.6. The molecule has 0 fully saturated rings. The third-order valence-electron chi connectivity index (χ3n) is 6.77. The maximum atomic E-state index is 3.71. The lowest BCUT2D eigenvalue weighted by atomic mass is 9.67. The van der Waals surface area contributed by atoms with E-state index in [1.54, 1.807) is 0 Å². The van der Waals surface area contributed by atoms with Crippen LogP contribution in [-0.2, 0) is 5.41 Å². The molecule has 1 unspecified atom stereocenters. The van der Waals surface area contributed by atoms with Crippen LogP contribution in [0.5, 0.6) is 0 Å². The molecule has 0 nitrogen and oxygen atoms in total. The van der Waals surface area contributed by atoms with E-state index in [9.17, 15) is 0 Å². The fourth-order valence-corrected chi connectivity index (χ4v) is 7.31. The third-order valence-corrected chi connectivity index (χ3v) is 8.40. The van der Waals surface area contributed by atoms with E-state index in [0.29, 0.717) is 0 Å². The molecule has 146 valence electrons. The van der Waals surface area contributed by atoms with Crippen LogP contribution in [0, 0.1) is 0 Å². The molecule has 31 heavy (non-hydrogen) atoms. The van der Waals surface area contributed by atoms with Crippen LogP contribution in [0.4, 0.5) is 0 Å². The van der Waals surface area contributed by atoms with Crippen LogP contribution in [0.15, 0.2) is 117 Å². The first-order chi connectivity index (χ1) is 15.3. The topological polar surface area (TPSA) is 0 Å². The fourth-order valence-electron chi connectivity index (χ4n) is 5.56. The number of rotatable bonds is 0. The maximum Gasteiger partial charge on any atom is 0.0735 e. The van der Waals surface area contributed by atoms with Gasteiger partial charge in [-0.3, -0.25) is 0 Å². The molecule has 7 rings (SSSR count). The highest BCUT2D eigenvalue weighted by Crippen LogP contribution is 2.62. The van der Waals surface area contributed by atoms with Gasteiger partial charge in [0.1, 0.15) is 0 Å². The lowest BCUT2D eigenvalue weighted by Gasteiger charge is -2.39. The quantitative estimate of drug-likeness (QED) is 0.211. The highest BCUT2D eigenvalue weighted by molar-refractivity contribution is 9.10. The Labute approximate surface area is 194 Å². The second-order valence-corrected chi connectivity index (χ2v) is 10.3. The van der Waals surface area contributed by atoms with E-state index in [0.717, 1.165) is 4.47 Å². The Morgan fingerprint density at radius 3 is 2.06 bits per heavy atom. The van der Waals surface area contributed by atoms with Crippen molar-refractivity contribution in [3.8, 4) is 11.1 Å². The molecule has 5 aromatic carbocycles. The van der Waals surface area contributed by atoms with Gasteiger partial charge in [0, 0.05) is 14.3 Å². The first kappa shape index (κ1) is 17.8. The van der Waals surface area contributed by atoms with Crippen LogP contribution in [0.1, 0.15) is 22.3 Å². The van der Waals surface area contributed by atoms with Gasteiger partial charge in [0.25, 0.3) is 0 Å². The van der Waals surface area contributed by atoms with E-state index in [-0.39, 0.29) is 5.41 Å². The molecular formula is C29H17BrS. The van der Waals surface area contributed by atoms with Crippen molar-refractivity contribution < 1.29 is 0 Å². The molecule has 0 bridgehead atoms. The molecule has 0 radical (unpaired) electrons. The van der Waals surface area contributed by atoms with Crippen LogP contribution in [0.3, 0.4) is 0 Å². The van der Waals surface area contributed by atoms with Crippen molar-refractivity contribution >= 4 is 38.5 Å². The van der Waals surface area contributed by atoms with Crippen molar-refractivity contribution in [1.82, 2.24) is 0 Å². The van der Waals surface area contributed by atoms with Crippen LogP contribution < -0.4 is 0 Å². The maximum absolute atomic E-state index is 3.71. The number of hydrogen-bond acceptors (Lipinski definition) is 1. The van der Waals surface area contributed by atoms with E-state index in [4.69, 9.17) is 0 Å². The van der Waals surface area contributed by atoms with E-state index >= 15 is 0 Å². The molecule has 5 aromatic rings. The van der Waals surface area contributed by atoms with Crippen molar-refractivity contribution in [3.63, 3.8) is 0 Å². The number of fused-ring (bicyclic) bond motifs is 10. The van der Waals surface area contributed by atoms with Gasteiger partial charge in [-0.1, -0.05) is 100 Å². The molecule has 1 spiro atoms. The van der Waals surface area contributed by atoms with E-state index in [2.05, 4.69) is 119 Å². The first-order valence-corrected chi connectivity index (χ1v) is 12.1. The minimum atomic E-state index is -0.298. The molecule has 0 amide bonds. The summed E-state index contributed by atoms with van der Waals surface area (Å²) in [5.41, 5.74) is 7.94. The lowest BCUT2D eigenvalue weighted by molar-refractivity contribution is 0.723. The molecule has 1 atom stereocenters. The van der Waals surface area contributed by atoms with Gasteiger partial charge in [-0.15, -0.1) is 0 Å². The summed E-state index contributed by atoms with van der Waals surface area (Å²) >= 11 is 5.59. The standard InChI is InChI=1S/C29H17BrS/c30-20-13-14-25-28(17-20)31-27-12-6-5-11-24(27)29(25)23-10-4-3-9-21(23)22-15-18-7-1-2-8-19(18)16-26(22)29/h1-17H. The minimum Gasteiger partial charge on any atom is -0.0894 e. The molecule has 1 aliphatic heterocycles. The summed E-state index contributed by atoms with van der Waals surface area (Å²) in [6.45, 7) is 0. The Morgan fingerprint density at radius 1 is 0.516 bits per heavy atom. The Hall–Kier alpha value is -2.81. The van der Waals surface area contributed by atoms with Crippen LogP contribution in [0.2, 0.25) is 0 Å². The highest BCUT2D eigenvalue weighted by Gasteiger charge is 2.50. The van der Waals surface area contributed by atoms with Gasteiger partial charge < -0.3 is 0 Å². The molecule has 2 aliphatic rings. The molecule has 0 N–H and O–H groups in total. The Bertz CT molecular complexity index is 1530. The van der Waals surface area contributed by atoms with Gasteiger partial charge >= 0.3 is 0 Å². The second kappa shape index (κ2) is 6.35. The van der Waals surface area contributed by atoms with E-state index in [1.165, 1.54) is 53.9 Å². The number of benzene rings is 5. The first-order valence-electron chi connectivity index (χ1n) is 10.5. The van der Waals surface area contributed by atoms with E-state index < -0.39 is 0 Å². The molecule has 1 heterocycles. The minimum absolute atomic E-state index is 0.298. The molecule has 1 aliphatic carbocycles. The monoisotopic (exact) mass is 476 g/mol. The van der Waals surface area contributed by atoms with Gasteiger partial charge in [0.2, 0.25) is 0 Å².